The van der Waals surface area contributed by atoms with Crippen molar-refractivity contribution in [3.8, 4) is 16.5 Å². The standard InChI is InChI=1S/C21H19ClN4O3S2/c1-3-26-20(17-5-4-8-30-17)24-25-21(26)31-12-18(27)29-11-14-9-13-6-7-15(28-2)10-16(13)23-19(14)22/h4-10H,3,11-12H2,1-2H3. The fourth-order valence-corrected chi connectivity index (χ4v) is 4.71. The number of fused-ring (bicyclic) bond motifs is 1. The van der Waals surface area contributed by atoms with Gasteiger partial charge in [-0.15, -0.1) is 21.5 Å². The monoisotopic (exact) mass is 474 g/mol. The Morgan fingerprint density at radius 1 is 1.26 bits per heavy atom. The van der Waals surface area contributed by atoms with Gasteiger partial charge in [-0.3, -0.25) is 4.79 Å². The first-order valence-corrected chi connectivity index (χ1v) is 11.7. The molecule has 0 saturated carbocycles. The molecule has 0 amide bonds. The molecular formula is C21H19ClN4O3S2. The number of rotatable bonds is 8. The molecule has 3 aromatic heterocycles. The highest BCUT2D eigenvalue weighted by atomic mass is 35.5. The van der Waals surface area contributed by atoms with E-state index in [2.05, 4.69) is 15.2 Å². The van der Waals surface area contributed by atoms with Crippen molar-refractivity contribution in [2.24, 2.45) is 0 Å². The molecule has 3 heterocycles. The zero-order valence-electron chi connectivity index (χ0n) is 16.9. The van der Waals surface area contributed by atoms with E-state index in [9.17, 15) is 4.79 Å². The number of nitrogens with zero attached hydrogens (tertiary/aromatic N) is 4. The SMILES string of the molecule is CCn1c(SCC(=O)OCc2cc3ccc(OC)cc3nc2Cl)nnc1-c1cccs1. The molecule has 4 rings (SSSR count). The van der Waals surface area contributed by atoms with Crippen molar-refractivity contribution >= 4 is 51.6 Å². The number of benzene rings is 1. The number of thioether (sulfide) groups is 1. The summed E-state index contributed by atoms with van der Waals surface area (Å²) >= 11 is 9.18. The predicted molar refractivity (Wildman–Crippen MR) is 123 cm³/mol. The van der Waals surface area contributed by atoms with Gasteiger partial charge in [-0.05, 0) is 36.6 Å². The first kappa shape index (κ1) is 21.6. The molecule has 7 nitrogen and oxygen atoms in total. The van der Waals surface area contributed by atoms with Gasteiger partial charge in [0.1, 0.15) is 17.5 Å². The first-order chi connectivity index (χ1) is 15.1. The van der Waals surface area contributed by atoms with Crippen molar-refractivity contribution in [3.63, 3.8) is 0 Å². The zero-order valence-corrected chi connectivity index (χ0v) is 19.3. The maximum Gasteiger partial charge on any atom is 0.316 e. The number of hydrogen-bond donors (Lipinski definition) is 0. The molecule has 0 radical (unpaired) electrons. The molecule has 31 heavy (non-hydrogen) atoms. The summed E-state index contributed by atoms with van der Waals surface area (Å²) in [4.78, 5) is 17.7. The third-order valence-corrected chi connectivity index (χ3v) is 6.67. The van der Waals surface area contributed by atoms with Gasteiger partial charge < -0.3 is 14.0 Å². The van der Waals surface area contributed by atoms with Crippen LogP contribution in [0, 0.1) is 0 Å². The van der Waals surface area contributed by atoms with E-state index in [0.29, 0.717) is 28.2 Å². The molecule has 0 bridgehead atoms. The third-order valence-electron chi connectivity index (χ3n) is 4.53. The lowest BCUT2D eigenvalue weighted by Crippen LogP contribution is -2.09. The van der Waals surface area contributed by atoms with Gasteiger partial charge in [0, 0.05) is 23.6 Å². The number of aromatic nitrogens is 4. The summed E-state index contributed by atoms with van der Waals surface area (Å²) in [5.74, 6) is 1.27. The number of pyridine rings is 1. The molecule has 10 heteroatoms. The van der Waals surface area contributed by atoms with Crippen LogP contribution < -0.4 is 4.74 Å². The van der Waals surface area contributed by atoms with E-state index in [4.69, 9.17) is 21.1 Å². The van der Waals surface area contributed by atoms with E-state index in [0.717, 1.165) is 21.6 Å². The minimum atomic E-state index is -0.362. The summed E-state index contributed by atoms with van der Waals surface area (Å²) < 4.78 is 12.6. The van der Waals surface area contributed by atoms with Crippen molar-refractivity contribution in [2.45, 2.75) is 25.2 Å². The number of ether oxygens (including phenoxy) is 2. The Morgan fingerprint density at radius 3 is 2.87 bits per heavy atom. The average molecular weight is 475 g/mol. The molecule has 0 N–H and O–H groups in total. The van der Waals surface area contributed by atoms with Gasteiger partial charge in [-0.1, -0.05) is 29.4 Å². The van der Waals surface area contributed by atoms with Crippen molar-refractivity contribution in [1.29, 1.82) is 0 Å². The first-order valence-electron chi connectivity index (χ1n) is 9.47. The molecule has 0 aliphatic carbocycles. The van der Waals surface area contributed by atoms with E-state index in [1.807, 2.05) is 53.3 Å². The number of thiophene rings is 1. The van der Waals surface area contributed by atoms with Gasteiger partial charge >= 0.3 is 5.97 Å². The van der Waals surface area contributed by atoms with Crippen LogP contribution >= 0.6 is 34.7 Å². The highest BCUT2D eigenvalue weighted by Crippen LogP contribution is 2.28. The Hall–Kier alpha value is -2.62. The van der Waals surface area contributed by atoms with Crippen LogP contribution in [0.1, 0.15) is 12.5 Å². The lowest BCUT2D eigenvalue weighted by molar-refractivity contribution is -0.141. The highest BCUT2D eigenvalue weighted by molar-refractivity contribution is 7.99. The third kappa shape index (κ3) is 4.84. The van der Waals surface area contributed by atoms with E-state index >= 15 is 0 Å². The molecule has 4 aromatic rings. The van der Waals surface area contributed by atoms with Crippen LogP contribution in [-0.4, -0.2) is 38.6 Å². The van der Waals surface area contributed by atoms with E-state index in [-0.39, 0.29) is 18.3 Å². The highest BCUT2D eigenvalue weighted by Gasteiger charge is 2.16. The fourth-order valence-electron chi connectivity index (χ4n) is 2.99. The summed E-state index contributed by atoms with van der Waals surface area (Å²) in [5.41, 5.74) is 1.37. The molecule has 0 aliphatic heterocycles. The van der Waals surface area contributed by atoms with Gasteiger partial charge in [-0.2, -0.15) is 0 Å². The molecule has 1 aromatic carbocycles. The molecule has 0 atom stereocenters. The summed E-state index contributed by atoms with van der Waals surface area (Å²) in [6, 6.07) is 11.4. The lowest BCUT2D eigenvalue weighted by atomic mass is 10.1. The minimum absolute atomic E-state index is 0.0497. The zero-order chi connectivity index (χ0) is 21.8. The maximum atomic E-state index is 12.3. The predicted octanol–water partition coefficient (Wildman–Crippen LogP) is 5.07. The van der Waals surface area contributed by atoms with Gasteiger partial charge in [0.05, 0.1) is 23.3 Å². The second kappa shape index (κ2) is 9.67. The van der Waals surface area contributed by atoms with E-state index < -0.39 is 0 Å². The Bertz CT molecular complexity index is 1210. The molecule has 160 valence electrons. The molecule has 0 fully saturated rings. The van der Waals surface area contributed by atoms with Crippen LogP contribution in [0.2, 0.25) is 5.15 Å². The maximum absolute atomic E-state index is 12.3. The molecular weight excluding hydrogens is 456 g/mol. The second-order valence-electron chi connectivity index (χ2n) is 6.47. The van der Waals surface area contributed by atoms with Gasteiger partial charge in [0.2, 0.25) is 0 Å². The van der Waals surface area contributed by atoms with Crippen molar-refractivity contribution in [2.75, 3.05) is 12.9 Å². The largest absolute Gasteiger partial charge is 0.497 e. The number of hydrogen-bond acceptors (Lipinski definition) is 8. The Balaban J connectivity index is 1.38. The summed E-state index contributed by atoms with van der Waals surface area (Å²) in [6.45, 7) is 2.78. The number of carbonyl (C=O) groups excluding carboxylic acids is 1. The molecule has 0 unspecified atom stereocenters. The van der Waals surface area contributed by atoms with Gasteiger partial charge in [-0.25, -0.2) is 4.98 Å². The summed E-state index contributed by atoms with van der Waals surface area (Å²) in [5, 5.41) is 12.4. The number of carbonyl (C=O) groups is 1. The summed E-state index contributed by atoms with van der Waals surface area (Å²) in [6.07, 6.45) is 0. The van der Waals surface area contributed by atoms with Crippen molar-refractivity contribution < 1.29 is 14.3 Å². The number of esters is 1. The van der Waals surface area contributed by atoms with Gasteiger partial charge in [0.25, 0.3) is 0 Å². The summed E-state index contributed by atoms with van der Waals surface area (Å²) in [7, 11) is 1.60. The number of methoxy groups -OCH3 is 1. The van der Waals surface area contributed by atoms with Crippen LogP contribution in [0.4, 0.5) is 0 Å². The fraction of sp³-hybridized carbons (Fsp3) is 0.238. The Labute approximate surface area is 192 Å². The molecule has 0 spiro atoms. The Morgan fingerprint density at radius 2 is 2.13 bits per heavy atom. The smallest absolute Gasteiger partial charge is 0.316 e. The van der Waals surface area contributed by atoms with Crippen LogP contribution in [0.25, 0.3) is 21.6 Å². The average Bonchev–Trinajstić information content (AvgIpc) is 3.45. The molecule has 0 saturated heterocycles. The van der Waals surface area contributed by atoms with Crippen LogP contribution in [-0.2, 0) is 22.7 Å². The minimum Gasteiger partial charge on any atom is -0.497 e. The van der Waals surface area contributed by atoms with Crippen molar-refractivity contribution in [3.05, 3.63) is 52.5 Å². The van der Waals surface area contributed by atoms with E-state index in [1.54, 1.807) is 18.4 Å². The topological polar surface area (TPSA) is 79.1 Å². The van der Waals surface area contributed by atoms with Crippen LogP contribution in [0.5, 0.6) is 5.75 Å². The molecule has 0 aliphatic rings. The van der Waals surface area contributed by atoms with Crippen molar-refractivity contribution in [1.82, 2.24) is 19.7 Å². The number of halogens is 1. The normalized spacial score (nSPS) is 11.1. The quantitative estimate of drug-likeness (QED) is 0.200. The Kier molecular flexibility index (Phi) is 6.74. The van der Waals surface area contributed by atoms with Crippen LogP contribution in [0.15, 0.2) is 46.9 Å². The van der Waals surface area contributed by atoms with Gasteiger partial charge in [0.15, 0.2) is 11.0 Å². The second-order valence-corrected chi connectivity index (χ2v) is 8.72. The lowest BCUT2D eigenvalue weighted by Gasteiger charge is -2.09. The van der Waals surface area contributed by atoms with E-state index in [1.165, 1.54) is 11.8 Å². The van der Waals surface area contributed by atoms with Crippen LogP contribution in [0.3, 0.4) is 0 Å².